The molecule has 0 atom stereocenters. The van der Waals surface area contributed by atoms with Gasteiger partial charge in [0, 0.05) is 30.9 Å². The average Bonchev–Trinajstić information content (AvgIpc) is 2.89. The molecule has 1 aliphatic heterocycles. The van der Waals surface area contributed by atoms with Crippen molar-refractivity contribution in [2.75, 3.05) is 11.9 Å². The van der Waals surface area contributed by atoms with Crippen molar-refractivity contribution >= 4 is 5.69 Å². The molecule has 0 aliphatic carbocycles. The van der Waals surface area contributed by atoms with Crippen molar-refractivity contribution in [1.82, 2.24) is 9.78 Å². The molecule has 0 spiro atoms. The third kappa shape index (κ3) is 2.58. The number of benzene rings is 1. The molecule has 0 bridgehead atoms. The molecule has 1 N–H and O–H groups in total. The van der Waals surface area contributed by atoms with Crippen molar-refractivity contribution in [3.63, 3.8) is 0 Å². The first-order valence-corrected chi connectivity index (χ1v) is 7.71. The van der Waals surface area contributed by atoms with E-state index in [0.29, 0.717) is 0 Å². The van der Waals surface area contributed by atoms with Crippen molar-refractivity contribution in [2.45, 2.75) is 46.1 Å². The molecular formula is C17H23N3. The summed E-state index contributed by atoms with van der Waals surface area (Å²) in [7, 11) is 0. The molecule has 0 radical (unpaired) electrons. The number of aryl methyl sites for hydroxylation is 3. The Morgan fingerprint density at radius 3 is 2.95 bits per heavy atom. The predicted molar refractivity (Wildman–Crippen MR) is 83.3 cm³/mol. The van der Waals surface area contributed by atoms with E-state index in [1.54, 1.807) is 0 Å². The molecule has 1 aliphatic rings. The molecule has 0 unspecified atom stereocenters. The lowest BCUT2D eigenvalue weighted by Crippen LogP contribution is -2.12. The molecule has 0 saturated heterocycles. The van der Waals surface area contributed by atoms with E-state index in [1.807, 2.05) is 0 Å². The highest BCUT2D eigenvalue weighted by atomic mass is 15.3. The van der Waals surface area contributed by atoms with E-state index in [1.165, 1.54) is 41.0 Å². The van der Waals surface area contributed by atoms with Crippen LogP contribution in [0.15, 0.2) is 24.3 Å². The van der Waals surface area contributed by atoms with Gasteiger partial charge in [0.25, 0.3) is 0 Å². The zero-order valence-electron chi connectivity index (χ0n) is 12.4. The molecule has 2 heterocycles. The Hall–Kier alpha value is -1.77. The van der Waals surface area contributed by atoms with Gasteiger partial charge in [-0.15, -0.1) is 0 Å². The van der Waals surface area contributed by atoms with E-state index >= 15 is 0 Å². The number of anilines is 1. The van der Waals surface area contributed by atoms with Crippen molar-refractivity contribution in [2.24, 2.45) is 0 Å². The lowest BCUT2D eigenvalue weighted by Gasteiger charge is -2.18. The predicted octanol–water partition coefficient (Wildman–Crippen LogP) is 3.41. The SMILES string of the molecule is CCc1cc(Cc2ccc3c(c2)CCCN3)n(CC)n1. The van der Waals surface area contributed by atoms with Crippen molar-refractivity contribution in [3.05, 3.63) is 46.8 Å². The molecular weight excluding hydrogens is 246 g/mol. The van der Waals surface area contributed by atoms with Crippen LogP contribution in [0.1, 0.15) is 42.8 Å². The molecule has 106 valence electrons. The van der Waals surface area contributed by atoms with E-state index in [-0.39, 0.29) is 0 Å². The molecule has 0 amide bonds. The summed E-state index contributed by atoms with van der Waals surface area (Å²) in [6.45, 7) is 6.38. The van der Waals surface area contributed by atoms with E-state index in [0.717, 1.165) is 25.9 Å². The summed E-state index contributed by atoms with van der Waals surface area (Å²) in [5.41, 5.74) is 6.70. The van der Waals surface area contributed by atoms with Gasteiger partial charge in [0.15, 0.2) is 0 Å². The Morgan fingerprint density at radius 1 is 1.25 bits per heavy atom. The zero-order chi connectivity index (χ0) is 13.9. The molecule has 1 aromatic carbocycles. The molecule has 3 heteroatoms. The maximum Gasteiger partial charge on any atom is 0.0624 e. The van der Waals surface area contributed by atoms with Crippen LogP contribution in [0.2, 0.25) is 0 Å². The number of nitrogens with one attached hydrogen (secondary N) is 1. The summed E-state index contributed by atoms with van der Waals surface area (Å²) in [4.78, 5) is 0. The van der Waals surface area contributed by atoms with E-state index in [4.69, 9.17) is 0 Å². The average molecular weight is 269 g/mol. The van der Waals surface area contributed by atoms with E-state index in [2.05, 4.69) is 53.2 Å². The highest BCUT2D eigenvalue weighted by Crippen LogP contribution is 2.24. The van der Waals surface area contributed by atoms with Crippen molar-refractivity contribution < 1.29 is 0 Å². The van der Waals surface area contributed by atoms with Crippen LogP contribution in [0.4, 0.5) is 5.69 Å². The minimum atomic E-state index is 0.946. The third-order valence-corrected chi connectivity index (χ3v) is 4.07. The Labute approximate surface area is 121 Å². The first-order valence-electron chi connectivity index (χ1n) is 7.71. The first-order chi connectivity index (χ1) is 9.80. The highest BCUT2D eigenvalue weighted by Gasteiger charge is 2.11. The minimum absolute atomic E-state index is 0.946. The fourth-order valence-corrected chi connectivity index (χ4v) is 2.95. The quantitative estimate of drug-likeness (QED) is 0.921. The summed E-state index contributed by atoms with van der Waals surface area (Å²) >= 11 is 0. The summed E-state index contributed by atoms with van der Waals surface area (Å²) in [5.74, 6) is 0. The number of hydrogen-bond acceptors (Lipinski definition) is 2. The maximum absolute atomic E-state index is 4.64. The summed E-state index contributed by atoms with van der Waals surface area (Å²) in [6, 6.07) is 9.09. The van der Waals surface area contributed by atoms with Gasteiger partial charge in [0.05, 0.1) is 5.69 Å². The van der Waals surface area contributed by atoms with E-state index in [9.17, 15) is 0 Å². The van der Waals surface area contributed by atoms with Crippen molar-refractivity contribution in [1.29, 1.82) is 0 Å². The fourth-order valence-electron chi connectivity index (χ4n) is 2.95. The van der Waals surface area contributed by atoms with Gasteiger partial charge in [0.1, 0.15) is 0 Å². The molecule has 3 nitrogen and oxygen atoms in total. The van der Waals surface area contributed by atoms with Gasteiger partial charge in [-0.05, 0) is 49.4 Å². The summed E-state index contributed by atoms with van der Waals surface area (Å²) in [5, 5.41) is 8.11. The van der Waals surface area contributed by atoms with Crippen LogP contribution >= 0.6 is 0 Å². The smallest absolute Gasteiger partial charge is 0.0624 e. The number of fused-ring (bicyclic) bond motifs is 1. The molecule has 1 aromatic heterocycles. The molecule has 0 fully saturated rings. The monoisotopic (exact) mass is 269 g/mol. The van der Waals surface area contributed by atoms with Crippen LogP contribution in [0.5, 0.6) is 0 Å². The fraction of sp³-hybridized carbons (Fsp3) is 0.471. The number of nitrogens with zero attached hydrogens (tertiary/aromatic N) is 2. The molecule has 3 rings (SSSR count). The van der Waals surface area contributed by atoms with Crippen LogP contribution in [-0.4, -0.2) is 16.3 Å². The van der Waals surface area contributed by atoms with Crippen molar-refractivity contribution in [3.8, 4) is 0 Å². The third-order valence-electron chi connectivity index (χ3n) is 4.07. The second-order valence-electron chi connectivity index (χ2n) is 5.49. The molecule has 0 saturated carbocycles. The molecule has 2 aromatic rings. The van der Waals surface area contributed by atoms with E-state index < -0.39 is 0 Å². The van der Waals surface area contributed by atoms with Crippen LogP contribution in [0.25, 0.3) is 0 Å². The maximum atomic E-state index is 4.64. The van der Waals surface area contributed by atoms with Gasteiger partial charge in [-0.3, -0.25) is 4.68 Å². The van der Waals surface area contributed by atoms with Crippen LogP contribution in [0, 0.1) is 0 Å². The van der Waals surface area contributed by atoms with Gasteiger partial charge in [0.2, 0.25) is 0 Å². The summed E-state index contributed by atoms with van der Waals surface area (Å²) in [6.07, 6.45) is 4.43. The lowest BCUT2D eigenvalue weighted by atomic mass is 9.99. The topological polar surface area (TPSA) is 29.9 Å². The Kier molecular flexibility index (Phi) is 3.77. The number of rotatable bonds is 4. The Bertz CT molecular complexity index is 598. The first kappa shape index (κ1) is 13.2. The normalized spacial score (nSPS) is 13.9. The largest absolute Gasteiger partial charge is 0.385 e. The zero-order valence-corrected chi connectivity index (χ0v) is 12.4. The van der Waals surface area contributed by atoms with Gasteiger partial charge in [-0.25, -0.2) is 0 Å². The standard InChI is InChI=1S/C17H23N3/c1-3-15-12-16(20(4-2)19-15)11-13-7-8-17-14(10-13)6-5-9-18-17/h7-8,10,12,18H,3-6,9,11H2,1-2H3. The molecule has 20 heavy (non-hydrogen) atoms. The van der Waals surface area contributed by atoms with Gasteiger partial charge in [-0.2, -0.15) is 5.10 Å². The Balaban J connectivity index is 1.85. The number of aromatic nitrogens is 2. The summed E-state index contributed by atoms with van der Waals surface area (Å²) < 4.78 is 2.14. The van der Waals surface area contributed by atoms with Gasteiger partial charge >= 0.3 is 0 Å². The van der Waals surface area contributed by atoms with Gasteiger partial charge in [-0.1, -0.05) is 19.1 Å². The number of hydrogen-bond donors (Lipinski definition) is 1. The van der Waals surface area contributed by atoms with Crippen LogP contribution in [-0.2, 0) is 25.8 Å². The Morgan fingerprint density at radius 2 is 2.15 bits per heavy atom. The highest BCUT2D eigenvalue weighted by molar-refractivity contribution is 5.54. The second-order valence-corrected chi connectivity index (χ2v) is 5.49. The van der Waals surface area contributed by atoms with Crippen LogP contribution < -0.4 is 5.32 Å². The second kappa shape index (κ2) is 5.70. The van der Waals surface area contributed by atoms with Gasteiger partial charge < -0.3 is 5.32 Å². The lowest BCUT2D eigenvalue weighted by molar-refractivity contribution is 0.621. The van der Waals surface area contributed by atoms with Crippen LogP contribution in [0.3, 0.4) is 0 Å². The minimum Gasteiger partial charge on any atom is -0.385 e.